The molecule has 2 aromatic carbocycles. The maximum absolute atomic E-state index is 14.2. The molecule has 1 saturated heterocycles. The fraction of sp³-hybridized carbons (Fsp3) is 0.500. The number of carbonyl (C=O) groups is 2. The molecule has 1 unspecified atom stereocenters. The second kappa shape index (κ2) is 9.41. The molecule has 0 bridgehead atoms. The zero-order valence-corrected chi connectivity index (χ0v) is 20.3. The molecule has 2 aliphatic carbocycles. The van der Waals surface area contributed by atoms with E-state index in [-0.39, 0.29) is 11.9 Å². The van der Waals surface area contributed by atoms with Crippen LogP contribution in [0.1, 0.15) is 68.1 Å². The van der Waals surface area contributed by atoms with Gasteiger partial charge in [-0.25, -0.2) is 9.69 Å². The van der Waals surface area contributed by atoms with Gasteiger partial charge in [0.2, 0.25) is 0 Å². The molecule has 1 N–H and O–H groups in total. The number of hydrogen-bond donors (Lipinski definition) is 1. The van der Waals surface area contributed by atoms with Crippen LogP contribution in [0.25, 0.3) is 0 Å². The molecule has 3 aliphatic rings. The fourth-order valence-electron chi connectivity index (χ4n) is 6.07. The average Bonchev–Trinajstić information content (AvgIpc) is 3.62. The van der Waals surface area contributed by atoms with Crippen molar-refractivity contribution in [2.24, 2.45) is 0 Å². The lowest BCUT2D eigenvalue weighted by Crippen LogP contribution is -2.50. The van der Waals surface area contributed by atoms with E-state index in [4.69, 9.17) is 4.74 Å². The van der Waals surface area contributed by atoms with E-state index >= 15 is 0 Å². The molecule has 0 spiro atoms. The van der Waals surface area contributed by atoms with Gasteiger partial charge >= 0.3 is 6.03 Å². The molecule has 1 aliphatic heterocycles. The predicted molar refractivity (Wildman–Crippen MR) is 132 cm³/mol. The van der Waals surface area contributed by atoms with E-state index < -0.39 is 5.54 Å². The van der Waals surface area contributed by atoms with E-state index in [1.165, 1.54) is 30.6 Å². The molecule has 6 nitrogen and oxygen atoms in total. The van der Waals surface area contributed by atoms with Gasteiger partial charge in [0, 0.05) is 12.1 Å². The Hall–Kier alpha value is -2.86. The number of aryl methyl sites for hydroxylation is 1. The van der Waals surface area contributed by atoms with Crippen molar-refractivity contribution < 1.29 is 14.3 Å². The maximum Gasteiger partial charge on any atom is 0.326 e. The van der Waals surface area contributed by atoms with Gasteiger partial charge in [-0.05, 0) is 55.9 Å². The summed E-state index contributed by atoms with van der Waals surface area (Å²) < 4.78 is 5.33. The molecule has 3 amide bonds. The molecule has 6 heteroatoms. The fourth-order valence-corrected chi connectivity index (χ4v) is 6.07. The van der Waals surface area contributed by atoms with Gasteiger partial charge in [-0.15, -0.1) is 0 Å². The number of hydrogen-bond acceptors (Lipinski definition) is 4. The molecule has 180 valence electrons. The number of imide groups is 1. The Morgan fingerprint density at radius 2 is 1.38 bits per heavy atom. The van der Waals surface area contributed by atoms with Crippen LogP contribution in [0.4, 0.5) is 4.79 Å². The number of carbonyl (C=O) groups excluding carboxylic acids is 2. The molecule has 0 radical (unpaired) electrons. The highest BCUT2D eigenvalue weighted by Gasteiger charge is 2.54. The third-order valence-electron chi connectivity index (χ3n) is 8.01. The maximum atomic E-state index is 14.2. The van der Waals surface area contributed by atoms with Crippen LogP contribution in [0.15, 0.2) is 48.5 Å². The first-order valence-electron chi connectivity index (χ1n) is 12.6. The van der Waals surface area contributed by atoms with Crippen molar-refractivity contribution in [3.8, 4) is 5.75 Å². The SMILES string of the molecule is COc1ccc(C2(c3ccc(C)cc3)NC(=O)N(CN(C3CCCC3)C3CCCC3)C2=O)cc1. The predicted octanol–water partition coefficient (Wildman–Crippen LogP) is 4.94. The first kappa shape index (κ1) is 22.9. The summed E-state index contributed by atoms with van der Waals surface area (Å²) in [6.07, 6.45) is 9.54. The van der Waals surface area contributed by atoms with Gasteiger partial charge in [-0.3, -0.25) is 9.69 Å². The van der Waals surface area contributed by atoms with Crippen LogP contribution >= 0.6 is 0 Å². The van der Waals surface area contributed by atoms with Crippen molar-refractivity contribution in [1.82, 2.24) is 15.1 Å². The molecule has 1 heterocycles. The number of urea groups is 1. The van der Waals surface area contributed by atoms with Crippen molar-refractivity contribution in [3.05, 3.63) is 65.2 Å². The topological polar surface area (TPSA) is 61.9 Å². The van der Waals surface area contributed by atoms with E-state index in [1.807, 2.05) is 55.5 Å². The highest BCUT2D eigenvalue weighted by atomic mass is 16.5. The van der Waals surface area contributed by atoms with Gasteiger partial charge in [0.1, 0.15) is 5.75 Å². The summed E-state index contributed by atoms with van der Waals surface area (Å²) in [5.41, 5.74) is 1.38. The Balaban J connectivity index is 1.52. The van der Waals surface area contributed by atoms with Crippen LogP contribution in [-0.2, 0) is 10.3 Å². The van der Waals surface area contributed by atoms with Crippen LogP contribution in [0, 0.1) is 6.92 Å². The average molecular weight is 462 g/mol. The Morgan fingerprint density at radius 3 is 1.88 bits per heavy atom. The van der Waals surface area contributed by atoms with Crippen LogP contribution in [-0.4, -0.2) is 47.6 Å². The number of nitrogens with one attached hydrogen (secondary N) is 1. The zero-order valence-electron chi connectivity index (χ0n) is 20.3. The van der Waals surface area contributed by atoms with Crippen LogP contribution < -0.4 is 10.1 Å². The summed E-state index contributed by atoms with van der Waals surface area (Å²) in [5.74, 6) is 0.512. The minimum Gasteiger partial charge on any atom is -0.497 e. The largest absolute Gasteiger partial charge is 0.497 e. The van der Waals surface area contributed by atoms with E-state index in [0.29, 0.717) is 24.5 Å². The molecule has 34 heavy (non-hydrogen) atoms. The normalized spacial score (nSPS) is 23.8. The Kier molecular flexibility index (Phi) is 6.34. The molecule has 5 rings (SSSR count). The summed E-state index contributed by atoms with van der Waals surface area (Å²) in [4.78, 5) is 31.6. The molecule has 2 aromatic rings. The first-order valence-corrected chi connectivity index (χ1v) is 12.6. The Bertz CT molecular complexity index is 1010. The summed E-state index contributed by atoms with van der Waals surface area (Å²) in [5, 5.41) is 3.11. The molecular formula is C28H35N3O3. The standard InChI is InChI=1S/C28H35N3O3/c1-20-11-13-21(14-12-20)28(22-15-17-25(34-2)18-16-22)26(32)31(27(33)29-28)19-30(23-7-3-4-8-23)24-9-5-6-10-24/h11-18,23-24H,3-10,19H2,1-2H3,(H,29,33). The molecule has 1 atom stereocenters. The highest BCUT2D eigenvalue weighted by Crippen LogP contribution is 2.38. The van der Waals surface area contributed by atoms with Gasteiger partial charge in [-0.1, -0.05) is 67.6 Å². The van der Waals surface area contributed by atoms with Gasteiger partial charge in [0.05, 0.1) is 13.8 Å². The van der Waals surface area contributed by atoms with Crippen molar-refractivity contribution in [3.63, 3.8) is 0 Å². The van der Waals surface area contributed by atoms with Crippen LogP contribution in [0.3, 0.4) is 0 Å². The van der Waals surface area contributed by atoms with Gasteiger partial charge in [0.15, 0.2) is 5.54 Å². The monoisotopic (exact) mass is 461 g/mol. The van der Waals surface area contributed by atoms with E-state index in [2.05, 4.69) is 10.2 Å². The number of methoxy groups -OCH3 is 1. The summed E-state index contributed by atoms with van der Waals surface area (Å²) in [6.45, 7) is 2.38. The number of benzene rings is 2. The minimum absolute atomic E-state index is 0.201. The summed E-state index contributed by atoms with van der Waals surface area (Å²) in [6, 6.07) is 15.9. The second-order valence-electron chi connectivity index (χ2n) is 10.0. The van der Waals surface area contributed by atoms with Gasteiger partial charge in [-0.2, -0.15) is 0 Å². The Labute approximate surface area is 202 Å². The van der Waals surface area contributed by atoms with Crippen molar-refractivity contribution in [2.45, 2.75) is 75.9 Å². The van der Waals surface area contributed by atoms with Crippen LogP contribution in [0.2, 0.25) is 0 Å². The zero-order chi connectivity index (χ0) is 23.7. The third-order valence-corrected chi connectivity index (χ3v) is 8.01. The lowest BCUT2D eigenvalue weighted by Gasteiger charge is -2.37. The quantitative estimate of drug-likeness (QED) is 0.593. The number of amides is 3. The molecule has 2 saturated carbocycles. The second-order valence-corrected chi connectivity index (χ2v) is 10.0. The lowest BCUT2D eigenvalue weighted by molar-refractivity contribution is -0.132. The molecular weight excluding hydrogens is 426 g/mol. The third kappa shape index (κ3) is 3.98. The number of rotatable bonds is 7. The van der Waals surface area contributed by atoms with Crippen LogP contribution in [0.5, 0.6) is 5.75 Å². The van der Waals surface area contributed by atoms with Gasteiger partial charge < -0.3 is 10.1 Å². The van der Waals surface area contributed by atoms with E-state index in [1.54, 1.807) is 7.11 Å². The van der Waals surface area contributed by atoms with E-state index in [0.717, 1.165) is 42.4 Å². The lowest BCUT2D eigenvalue weighted by atomic mass is 9.82. The smallest absolute Gasteiger partial charge is 0.326 e. The van der Waals surface area contributed by atoms with Crippen molar-refractivity contribution in [1.29, 1.82) is 0 Å². The summed E-state index contributed by atoms with van der Waals surface area (Å²) in [7, 11) is 1.62. The molecule has 3 fully saturated rings. The Morgan fingerprint density at radius 1 is 0.882 bits per heavy atom. The minimum atomic E-state index is -1.24. The highest BCUT2D eigenvalue weighted by molar-refractivity contribution is 6.09. The van der Waals surface area contributed by atoms with Crippen molar-refractivity contribution in [2.75, 3.05) is 13.8 Å². The summed E-state index contributed by atoms with van der Waals surface area (Å²) >= 11 is 0. The number of nitrogens with zero attached hydrogens (tertiary/aromatic N) is 2. The molecule has 0 aromatic heterocycles. The number of ether oxygens (including phenoxy) is 1. The van der Waals surface area contributed by atoms with Gasteiger partial charge in [0.25, 0.3) is 5.91 Å². The van der Waals surface area contributed by atoms with E-state index in [9.17, 15) is 9.59 Å². The van der Waals surface area contributed by atoms with Crippen molar-refractivity contribution >= 4 is 11.9 Å². The first-order chi connectivity index (χ1) is 16.5.